The Hall–Kier alpha value is -1.18. The van der Waals surface area contributed by atoms with Crippen LogP contribution in [0.15, 0.2) is 18.2 Å². The summed E-state index contributed by atoms with van der Waals surface area (Å²) in [5.74, 6) is 2.10. The van der Waals surface area contributed by atoms with Crippen molar-refractivity contribution in [1.29, 1.82) is 0 Å². The van der Waals surface area contributed by atoms with Crippen LogP contribution in [-0.2, 0) is 6.42 Å². The Bertz CT molecular complexity index is 660. The van der Waals surface area contributed by atoms with Gasteiger partial charge in [0.25, 0.3) is 0 Å². The van der Waals surface area contributed by atoms with Crippen LogP contribution < -0.4 is 9.47 Å². The molecule has 0 bridgehead atoms. The Labute approximate surface area is 283 Å². The molecule has 0 radical (unpaired) electrons. The molecule has 0 saturated carbocycles. The van der Waals surface area contributed by atoms with Gasteiger partial charge in [0.2, 0.25) is 0 Å². The fourth-order valence-corrected chi connectivity index (χ4v) is 6.62. The Morgan fingerprint density at radius 1 is 0.333 bits per heavy atom. The summed E-state index contributed by atoms with van der Waals surface area (Å²) < 4.78 is 12.6. The van der Waals surface area contributed by atoms with E-state index in [-0.39, 0.29) is 0 Å². The standard InChI is InChI=1S/C43H80O2/c1-4-7-9-11-13-15-17-19-21-23-25-27-29-31-33-39-44-42-37-35-38-43(41(42)36-6-3)45-40-34-32-30-28-26-24-22-20-18-16-14-12-10-8-5-2/h35,37-38H,4-34,36,39-40H2,1-3H3. The molecule has 1 aromatic rings. The second-order valence-electron chi connectivity index (χ2n) is 14.1. The van der Waals surface area contributed by atoms with Crippen molar-refractivity contribution >= 4 is 0 Å². The van der Waals surface area contributed by atoms with Crippen LogP contribution in [0.2, 0.25) is 0 Å². The Morgan fingerprint density at radius 3 is 0.867 bits per heavy atom. The minimum absolute atomic E-state index is 0.831. The van der Waals surface area contributed by atoms with Gasteiger partial charge >= 0.3 is 0 Å². The summed E-state index contributed by atoms with van der Waals surface area (Å²) >= 11 is 0. The summed E-state index contributed by atoms with van der Waals surface area (Å²) in [7, 11) is 0. The van der Waals surface area contributed by atoms with Gasteiger partial charge in [0.15, 0.2) is 0 Å². The van der Waals surface area contributed by atoms with Crippen LogP contribution >= 0.6 is 0 Å². The van der Waals surface area contributed by atoms with Gasteiger partial charge in [-0.1, -0.05) is 213 Å². The maximum atomic E-state index is 6.30. The highest BCUT2D eigenvalue weighted by atomic mass is 16.5. The lowest BCUT2D eigenvalue weighted by Gasteiger charge is -2.16. The van der Waals surface area contributed by atoms with Crippen LogP contribution in [0.3, 0.4) is 0 Å². The predicted octanol–water partition coefficient (Wildman–Crippen LogP) is 15.1. The first-order chi connectivity index (χ1) is 22.3. The third-order valence-corrected chi connectivity index (χ3v) is 9.60. The average Bonchev–Trinajstić information content (AvgIpc) is 3.05. The van der Waals surface area contributed by atoms with Crippen molar-refractivity contribution in [3.63, 3.8) is 0 Å². The maximum absolute atomic E-state index is 6.30. The van der Waals surface area contributed by atoms with Crippen LogP contribution in [0, 0.1) is 0 Å². The van der Waals surface area contributed by atoms with Gasteiger partial charge < -0.3 is 9.47 Å². The predicted molar refractivity (Wildman–Crippen MR) is 201 cm³/mol. The topological polar surface area (TPSA) is 18.5 Å². The summed E-state index contributed by atoms with van der Waals surface area (Å²) in [5, 5.41) is 0. The highest BCUT2D eigenvalue weighted by molar-refractivity contribution is 5.45. The molecule has 1 rings (SSSR count). The fourth-order valence-electron chi connectivity index (χ4n) is 6.62. The molecule has 0 aromatic heterocycles. The first-order valence-corrected chi connectivity index (χ1v) is 20.7. The summed E-state index contributed by atoms with van der Waals surface area (Å²) in [6.07, 6.45) is 44.1. The van der Waals surface area contributed by atoms with Gasteiger partial charge in [0, 0.05) is 5.56 Å². The smallest absolute Gasteiger partial charge is 0.126 e. The summed E-state index contributed by atoms with van der Waals surface area (Å²) in [4.78, 5) is 0. The minimum Gasteiger partial charge on any atom is -0.493 e. The molecule has 2 heteroatoms. The molecule has 0 atom stereocenters. The molecular formula is C43H80O2. The van der Waals surface area contributed by atoms with E-state index < -0.39 is 0 Å². The summed E-state index contributed by atoms with van der Waals surface area (Å²) in [6, 6.07) is 6.41. The first kappa shape index (κ1) is 41.8. The zero-order valence-electron chi connectivity index (χ0n) is 31.1. The van der Waals surface area contributed by atoms with E-state index >= 15 is 0 Å². The van der Waals surface area contributed by atoms with Crippen molar-refractivity contribution in [2.24, 2.45) is 0 Å². The first-order valence-electron chi connectivity index (χ1n) is 20.7. The van der Waals surface area contributed by atoms with Gasteiger partial charge in [0.1, 0.15) is 11.5 Å². The zero-order chi connectivity index (χ0) is 32.3. The van der Waals surface area contributed by atoms with Gasteiger partial charge in [-0.3, -0.25) is 0 Å². The number of hydrogen-bond donors (Lipinski definition) is 0. The van der Waals surface area contributed by atoms with Gasteiger partial charge in [-0.2, -0.15) is 0 Å². The minimum atomic E-state index is 0.831. The molecule has 264 valence electrons. The van der Waals surface area contributed by atoms with Crippen molar-refractivity contribution in [2.75, 3.05) is 13.2 Å². The molecule has 0 saturated heterocycles. The van der Waals surface area contributed by atoms with E-state index in [9.17, 15) is 0 Å². The van der Waals surface area contributed by atoms with Crippen LogP contribution in [0.4, 0.5) is 0 Å². The molecule has 0 aliphatic rings. The van der Waals surface area contributed by atoms with Crippen LogP contribution in [0.25, 0.3) is 0 Å². The third kappa shape index (κ3) is 26.6. The summed E-state index contributed by atoms with van der Waals surface area (Å²) in [6.45, 7) is 8.52. The fraction of sp³-hybridized carbons (Fsp3) is 0.860. The normalized spacial score (nSPS) is 11.4. The van der Waals surface area contributed by atoms with E-state index in [4.69, 9.17) is 9.47 Å². The molecule has 0 aliphatic carbocycles. The highest BCUT2D eigenvalue weighted by Gasteiger charge is 2.10. The van der Waals surface area contributed by atoms with E-state index in [2.05, 4.69) is 39.0 Å². The molecule has 0 fully saturated rings. The van der Waals surface area contributed by atoms with Crippen LogP contribution in [0.5, 0.6) is 11.5 Å². The lowest BCUT2D eigenvalue weighted by molar-refractivity contribution is 0.284. The van der Waals surface area contributed by atoms with Crippen molar-refractivity contribution in [1.82, 2.24) is 0 Å². The van der Waals surface area contributed by atoms with Crippen molar-refractivity contribution < 1.29 is 9.47 Å². The van der Waals surface area contributed by atoms with E-state index in [0.717, 1.165) is 50.4 Å². The van der Waals surface area contributed by atoms with Gasteiger partial charge in [0.05, 0.1) is 13.2 Å². The summed E-state index contributed by atoms with van der Waals surface area (Å²) in [5.41, 5.74) is 1.28. The Kier molecular flexibility index (Phi) is 31.8. The molecule has 0 aliphatic heterocycles. The molecule has 1 aromatic carbocycles. The Morgan fingerprint density at radius 2 is 0.600 bits per heavy atom. The van der Waals surface area contributed by atoms with Gasteiger partial charge in [-0.15, -0.1) is 0 Å². The maximum Gasteiger partial charge on any atom is 0.126 e. The number of unbranched alkanes of at least 4 members (excludes halogenated alkanes) is 28. The molecule has 0 amide bonds. The number of hydrogen-bond acceptors (Lipinski definition) is 2. The third-order valence-electron chi connectivity index (χ3n) is 9.60. The van der Waals surface area contributed by atoms with Crippen LogP contribution in [-0.4, -0.2) is 13.2 Å². The molecule has 0 N–H and O–H groups in total. The second-order valence-corrected chi connectivity index (χ2v) is 14.1. The average molecular weight is 629 g/mol. The van der Waals surface area contributed by atoms with E-state index in [0.29, 0.717) is 0 Å². The highest BCUT2D eigenvalue weighted by Crippen LogP contribution is 2.30. The molecule has 0 unspecified atom stereocenters. The van der Waals surface area contributed by atoms with E-state index in [1.807, 2.05) is 0 Å². The van der Waals surface area contributed by atoms with Crippen molar-refractivity contribution in [2.45, 2.75) is 226 Å². The number of benzene rings is 1. The lowest BCUT2D eigenvalue weighted by Crippen LogP contribution is -2.04. The van der Waals surface area contributed by atoms with E-state index in [1.54, 1.807) is 0 Å². The van der Waals surface area contributed by atoms with Gasteiger partial charge in [-0.05, 0) is 31.4 Å². The molecular weight excluding hydrogens is 548 g/mol. The molecule has 0 spiro atoms. The van der Waals surface area contributed by atoms with Crippen LogP contribution in [0.1, 0.15) is 225 Å². The quantitative estimate of drug-likeness (QED) is 0.0688. The van der Waals surface area contributed by atoms with E-state index in [1.165, 1.54) is 185 Å². The molecule has 2 nitrogen and oxygen atoms in total. The second kappa shape index (κ2) is 34.2. The molecule has 0 heterocycles. The zero-order valence-corrected chi connectivity index (χ0v) is 31.1. The number of rotatable bonds is 36. The Balaban J connectivity index is 2.03. The lowest BCUT2D eigenvalue weighted by atomic mass is 10.0. The monoisotopic (exact) mass is 629 g/mol. The SMILES string of the molecule is CCCCCCCCCCCCCCCCCOc1cccc(OCCCCCCCCCCCCCCCCC)c1CCC. The van der Waals surface area contributed by atoms with Crippen molar-refractivity contribution in [3.05, 3.63) is 23.8 Å². The number of ether oxygens (including phenoxy) is 2. The van der Waals surface area contributed by atoms with Gasteiger partial charge in [-0.25, -0.2) is 0 Å². The largest absolute Gasteiger partial charge is 0.493 e. The van der Waals surface area contributed by atoms with Crippen molar-refractivity contribution in [3.8, 4) is 11.5 Å². The molecule has 45 heavy (non-hydrogen) atoms.